The van der Waals surface area contributed by atoms with Crippen LogP contribution in [0, 0.1) is 0 Å². The highest BCUT2D eigenvalue weighted by Crippen LogP contribution is 2.05. The van der Waals surface area contributed by atoms with Crippen LogP contribution in [-0.2, 0) is 16.0 Å². The van der Waals surface area contributed by atoms with Crippen LogP contribution in [0.1, 0.15) is 18.4 Å². The maximum absolute atomic E-state index is 12.2. The Bertz CT molecular complexity index is 446. The van der Waals surface area contributed by atoms with Gasteiger partial charge in [-0.3, -0.25) is 9.59 Å². The second kappa shape index (κ2) is 9.13. The van der Waals surface area contributed by atoms with Crippen LogP contribution < -0.4 is 10.6 Å². The fourth-order valence-electron chi connectivity index (χ4n) is 2.05. The molecular formula is C16H25N3O2. The molecule has 21 heavy (non-hydrogen) atoms. The maximum atomic E-state index is 12.2. The van der Waals surface area contributed by atoms with Gasteiger partial charge in [-0.1, -0.05) is 30.3 Å². The van der Waals surface area contributed by atoms with Gasteiger partial charge in [-0.15, -0.1) is 0 Å². The largest absolute Gasteiger partial charge is 0.347 e. The van der Waals surface area contributed by atoms with Crippen LogP contribution in [0.25, 0.3) is 0 Å². The first-order valence-electron chi connectivity index (χ1n) is 7.23. The van der Waals surface area contributed by atoms with Crippen LogP contribution in [-0.4, -0.2) is 50.4 Å². The first-order valence-corrected chi connectivity index (χ1v) is 7.23. The normalized spacial score (nSPS) is 11.8. The molecule has 0 aliphatic carbocycles. The van der Waals surface area contributed by atoms with Crippen LogP contribution in [0.3, 0.4) is 0 Å². The topological polar surface area (TPSA) is 61.4 Å². The lowest BCUT2D eigenvalue weighted by Gasteiger charge is -2.22. The minimum absolute atomic E-state index is 0.0821. The molecule has 5 heteroatoms. The highest BCUT2D eigenvalue weighted by Gasteiger charge is 2.22. The predicted molar refractivity (Wildman–Crippen MR) is 83.9 cm³/mol. The van der Waals surface area contributed by atoms with E-state index in [4.69, 9.17) is 0 Å². The molecule has 0 fully saturated rings. The van der Waals surface area contributed by atoms with E-state index in [1.54, 1.807) is 14.1 Å². The van der Waals surface area contributed by atoms with E-state index in [1.165, 1.54) is 4.90 Å². The Kier molecular flexibility index (Phi) is 7.46. The molecule has 1 atom stereocenters. The van der Waals surface area contributed by atoms with E-state index >= 15 is 0 Å². The van der Waals surface area contributed by atoms with Crippen LogP contribution in [0.15, 0.2) is 30.3 Å². The number of nitrogens with one attached hydrogen (secondary N) is 2. The van der Waals surface area contributed by atoms with Crippen molar-refractivity contribution >= 4 is 11.8 Å². The number of hydrogen-bond donors (Lipinski definition) is 2. The van der Waals surface area contributed by atoms with Crippen molar-refractivity contribution in [1.82, 2.24) is 15.5 Å². The summed E-state index contributed by atoms with van der Waals surface area (Å²) in [5, 5.41) is 5.85. The monoisotopic (exact) mass is 291 g/mol. The number of benzene rings is 1. The van der Waals surface area contributed by atoms with Gasteiger partial charge < -0.3 is 15.5 Å². The molecule has 0 aliphatic heterocycles. The molecule has 0 spiro atoms. The Morgan fingerprint density at radius 2 is 1.86 bits per heavy atom. The van der Waals surface area contributed by atoms with Crippen LogP contribution >= 0.6 is 0 Å². The molecule has 1 aromatic carbocycles. The summed E-state index contributed by atoms with van der Waals surface area (Å²) in [6.45, 7) is 0.790. The summed E-state index contributed by atoms with van der Waals surface area (Å²) in [5.74, 6) is -0.165. The molecule has 0 radical (unpaired) electrons. The second-order valence-corrected chi connectivity index (χ2v) is 5.25. The summed E-state index contributed by atoms with van der Waals surface area (Å²) in [6.07, 6.45) is 1.69. The summed E-state index contributed by atoms with van der Waals surface area (Å²) < 4.78 is 0. The van der Waals surface area contributed by atoms with E-state index in [2.05, 4.69) is 10.6 Å². The third kappa shape index (κ3) is 6.40. The van der Waals surface area contributed by atoms with Crippen LogP contribution in [0.5, 0.6) is 0 Å². The lowest BCUT2D eigenvalue weighted by molar-refractivity contribution is -0.134. The van der Waals surface area contributed by atoms with Gasteiger partial charge in [-0.25, -0.2) is 0 Å². The molecule has 116 valence electrons. The first-order chi connectivity index (χ1) is 10.0. The minimum Gasteiger partial charge on any atom is -0.347 e. The quantitative estimate of drug-likeness (QED) is 0.697. The van der Waals surface area contributed by atoms with Crippen molar-refractivity contribution in [1.29, 1.82) is 0 Å². The standard InChI is InChI=1S/C16H25N3O2/c1-17-11-7-10-15(20)18-14(16(21)19(2)3)12-13-8-5-4-6-9-13/h4-6,8-9,14,17H,7,10-12H2,1-3H3,(H,18,20). The van der Waals surface area contributed by atoms with Gasteiger partial charge >= 0.3 is 0 Å². The van der Waals surface area contributed by atoms with Crippen molar-refractivity contribution in [3.63, 3.8) is 0 Å². The fraction of sp³-hybridized carbons (Fsp3) is 0.500. The lowest BCUT2D eigenvalue weighted by atomic mass is 10.0. The van der Waals surface area contributed by atoms with Crippen molar-refractivity contribution in [3.05, 3.63) is 35.9 Å². The number of carbonyl (C=O) groups is 2. The summed E-state index contributed by atoms with van der Waals surface area (Å²) in [7, 11) is 5.26. The molecule has 0 aromatic heterocycles. The fourth-order valence-corrected chi connectivity index (χ4v) is 2.05. The highest BCUT2D eigenvalue weighted by atomic mass is 16.2. The van der Waals surface area contributed by atoms with Gasteiger partial charge in [-0.2, -0.15) is 0 Å². The Morgan fingerprint density at radius 1 is 1.19 bits per heavy atom. The third-order valence-electron chi connectivity index (χ3n) is 3.19. The minimum atomic E-state index is -0.510. The summed E-state index contributed by atoms with van der Waals surface area (Å²) in [5.41, 5.74) is 1.04. The van der Waals surface area contributed by atoms with E-state index in [9.17, 15) is 9.59 Å². The summed E-state index contributed by atoms with van der Waals surface area (Å²) in [6, 6.07) is 9.21. The molecule has 1 unspecified atom stereocenters. The number of nitrogens with zero attached hydrogens (tertiary/aromatic N) is 1. The molecule has 2 N–H and O–H groups in total. The first kappa shape index (κ1) is 17.2. The SMILES string of the molecule is CNCCCC(=O)NC(Cc1ccccc1)C(=O)N(C)C. The zero-order valence-corrected chi connectivity index (χ0v) is 13.1. The third-order valence-corrected chi connectivity index (χ3v) is 3.19. The van der Waals surface area contributed by atoms with Crippen molar-refractivity contribution < 1.29 is 9.59 Å². The van der Waals surface area contributed by atoms with E-state index < -0.39 is 6.04 Å². The Morgan fingerprint density at radius 3 is 2.43 bits per heavy atom. The molecular weight excluding hydrogens is 266 g/mol. The molecule has 0 saturated heterocycles. The van der Waals surface area contributed by atoms with Gasteiger partial charge in [-0.05, 0) is 25.6 Å². The van der Waals surface area contributed by atoms with Crippen LogP contribution in [0.2, 0.25) is 0 Å². The van der Waals surface area contributed by atoms with Gasteiger partial charge in [0.2, 0.25) is 11.8 Å². The number of carbonyl (C=O) groups excluding carboxylic acids is 2. The zero-order chi connectivity index (χ0) is 15.7. The maximum Gasteiger partial charge on any atom is 0.244 e. The molecule has 0 heterocycles. The Hall–Kier alpha value is -1.88. The smallest absolute Gasteiger partial charge is 0.244 e. The van der Waals surface area contributed by atoms with Gasteiger partial charge in [0, 0.05) is 26.9 Å². The summed E-state index contributed by atoms with van der Waals surface area (Å²) in [4.78, 5) is 25.7. The van der Waals surface area contributed by atoms with Gasteiger partial charge in [0.1, 0.15) is 6.04 Å². The molecule has 0 saturated carbocycles. The Balaban J connectivity index is 2.65. The van der Waals surface area contributed by atoms with Crippen molar-refractivity contribution in [2.75, 3.05) is 27.7 Å². The Labute approximate surface area is 126 Å². The molecule has 2 amide bonds. The van der Waals surface area contributed by atoms with E-state index in [-0.39, 0.29) is 11.8 Å². The molecule has 0 bridgehead atoms. The van der Waals surface area contributed by atoms with Gasteiger partial charge in [0.05, 0.1) is 0 Å². The van der Waals surface area contributed by atoms with Crippen molar-refractivity contribution in [2.24, 2.45) is 0 Å². The number of rotatable bonds is 8. The zero-order valence-electron chi connectivity index (χ0n) is 13.1. The average Bonchev–Trinajstić information content (AvgIpc) is 2.47. The van der Waals surface area contributed by atoms with E-state index in [0.29, 0.717) is 12.8 Å². The average molecular weight is 291 g/mol. The molecule has 1 rings (SSSR count). The summed E-state index contributed by atoms with van der Waals surface area (Å²) >= 11 is 0. The van der Waals surface area contributed by atoms with Gasteiger partial charge in [0.25, 0.3) is 0 Å². The predicted octanol–water partition coefficient (Wildman–Crippen LogP) is 0.802. The van der Waals surface area contributed by atoms with Crippen LogP contribution in [0.4, 0.5) is 0 Å². The number of amides is 2. The molecule has 0 aliphatic rings. The second-order valence-electron chi connectivity index (χ2n) is 5.25. The molecule has 1 aromatic rings. The van der Waals surface area contributed by atoms with Crippen molar-refractivity contribution in [3.8, 4) is 0 Å². The molecule has 5 nitrogen and oxygen atoms in total. The lowest BCUT2D eigenvalue weighted by Crippen LogP contribution is -2.47. The van der Waals surface area contributed by atoms with E-state index in [1.807, 2.05) is 37.4 Å². The van der Waals surface area contributed by atoms with Gasteiger partial charge in [0.15, 0.2) is 0 Å². The number of hydrogen-bond acceptors (Lipinski definition) is 3. The van der Waals surface area contributed by atoms with E-state index in [0.717, 1.165) is 18.5 Å². The van der Waals surface area contributed by atoms with Crippen molar-refractivity contribution in [2.45, 2.75) is 25.3 Å². The highest BCUT2D eigenvalue weighted by molar-refractivity contribution is 5.87. The number of likely N-dealkylation sites (N-methyl/N-ethyl adjacent to an activating group) is 1.